The van der Waals surface area contributed by atoms with E-state index >= 15 is 0 Å². The predicted molar refractivity (Wildman–Crippen MR) is 60.3 cm³/mol. The molecule has 0 radical (unpaired) electrons. The van der Waals surface area contributed by atoms with Crippen molar-refractivity contribution < 1.29 is 9.90 Å². The Balaban J connectivity index is 2.80. The molecular formula is C10H14ClN3O2. The molecule has 1 aromatic heterocycles. The van der Waals surface area contributed by atoms with Crippen molar-refractivity contribution in [3.05, 3.63) is 23.2 Å². The average Bonchev–Trinajstić information content (AvgIpc) is 2.29. The van der Waals surface area contributed by atoms with E-state index in [0.29, 0.717) is 6.42 Å². The predicted octanol–water partition coefficient (Wildman–Crippen LogP) is 1.02. The van der Waals surface area contributed by atoms with Crippen molar-refractivity contribution in [3.63, 3.8) is 0 Å². The van der Waals surface area contributed by atoms with Gasteiger partial charge in [0.15, 0.2) is 0 Å². The molecule has 0 aromatic carbocycles. The number of carbonyl (C=O) groups excluding carboxylic acids is 1. The minimum atomic E-state index is -0.652. The molecule has 16 heavy (non-hydrogen) atoms. The number of hydrogen-bond acceptors (Lipinski definition) is 4. The first-order valence-corrected chi connectivity index (χ1v) is 5.29. The van der Waals surface area contributed by atoms with E-state index < -0.39 is 11.4 Å². The summed E-state index contributed by atoms with van der Waals surface area (Å²) in [4.78, 5) is 19.4. The van der Waals surface area contributed by atoms with Crippen LogP contribution in [0.15, 0.2) is 12.4 Å². The van der Waals surface area contributed by atoms with Crippen molar-refractivity contribution in [2.24, 2.45) is 0 Å². The summed E-state index contributed by atoms with van der Waals surface area (Å²) in [6.45, 7) is 3.49. The van der Waals surface area contributed by atoms with Crippen LogP contribution in [0.4, 0.5) is 0 Å². The highest BCUT2D eigenvalue weighted by atomic mass is 35.5. The summed E-state index contributed by atoms with van der Waals surface area (Å²) < 4.78 is 0. The van der Waals surface area contributed by atoms with Crippen LogP contribution in [-0.2, 0) is 0 Å². The van der Waals surface area contributed by atoms with Gasteiger partial charge in [0.2, 0.25) is 0 Å². The molecule has 0 aliphatic carbocycles. The van der Waals surface area contributed by atoms with Gasteiger partial charge >= 0.3 is 0 Å². The van der Waals surface area contributed by atoms with E-state index in [1.165, 1.54) is 12.4 Å². The average molecular weight is 244 g/mol. The van der Waals surface area contributed by atoms with Crippen LogP contribution in [0.5, 0.6) is 0 Å². The molecule has 0 saturated carbocycles. The number of halogens is 1. The van der Waals surface area contributed by atoms with Gasteiger partial charge in [-0.3, -0.25) is 9.78 Å². The number of aliphatic hydroxyl groups is 1. The zero-order chi connectivity index (χ0) is 12.2. The van der Waals surface area contributed by atoms with Crippen LogP contribution >= 0.6 is 11.6 Å². The van der Waals surface area contributed by atoms with E-state index in [-0.39, 0.29) is 17.5 Å². The molecule has 1 aromatic rings. The topological polar surface area (TPSA) is 75.1 Å². The molecule has 0 saturated heterocycles. The molecule has 0 fully saturated rings. The number of nitrogens with one attached hydrogen (secondary N) is 1. The lowest BCUT2D eigenvalue weighted by Gasteiger charge is -2.26. The SMILES string of the molecule is CCC(C)(CO)NC(=O)c1cncc(Cl)n1. The lowest BCUT2D eigenvalue weighted by atomic mass is 10.0. The Morgan fingerprint density at radius 2 is 2.31 bits per heavy atom. The summed E-state index contributed by atoms with van der Waals surface area (Å²) in [6, 6.07) is 0. The van der Waals surface area contributed by atoms with Gasteiger partial charge in [0, 0.05) is 0 Å². The number of carbonyl (C=O) groups is 1. The maximum absolute atomic E-state index is 11.7. The Hall–Kier alpha value is -1.20. The molecule has 88 valence electrons. The number of nitrogens with zero attached hydrogens (tertiary/aromatic N) is 2. The molecular weight excluding hydrogens is 230 g/mol. The smallest absolute Gasteiger partial charge is 0.272 e. The van der Waals surface area contributed by atoms with Gasteiger partial charge in [-0.05, 0) is 13.3 Å². The fraction of sp³-hybridized carbons (Fsp3) is 0.500. The Morgan fingerprint density at radius 3 is 2.81 bits per heavy atom. The maximum atomic E-state index is 11.7. The van der Waals surface area contributed by atoms with Gasteiger partial charge in [-0.15, -0.1) is 0 Å². The van der Waals surface area contributed by atoms with Gasteiger partial charge in [-0.2, -0.15) is 0 Å². The Bertz CT molecular complexity index is 380. The molecule has 1 unspecified atom stereocenters. The lowest BCUT2D eigenvalue weighted by molar-refractivity contribution is 0.0842. The van der Waals surface area contributed by atoms with Crippen molar-refractivity contribution in [3.8, 4) is 0 Å². The molecule has 6 heteroatoms. The van der Waals surface area contributed by atoms with E-state index in [4.69, 9.17) is 16.7 Å². The molecule has 1 heterocycles. The van der Waals surface area contributed by atoms with Crippen LogP contribution in [0, 0.1) is 0 Å². The summed E-state index contributed by atoms with van der Waals surface area (Å²) in [5.41, 5.74) is -0.512. The minimum Gasteiger partial charge on any atom is -0.394 e. The third kappa shape index (κ3) is 3.15. The Labute approximate surface area is 98.9 Å². The molecule has 0 aliphatic heterocycles. The van der Waals surface area contributed by atoms with Crippen molar-refractivity contribution in [2.45, 2.75) is 25.8 Å². The number of rotatable bonds is 4. The van der Waals surface area contributed by atoms with Crippen LogP contribution in [0.1, 0.15) is 30.8 Å². The first-order valence-electron chi connectivity index (χ1n) is 4.91. The highest BCUT2D eigenvalue weighted by Gasteiger charge is 2.24. The fourth-order valence-electron chi connectivity index (χ4n) is 1.03. The monoisotopic (exact) mass is 243 g/mol. The summed E-state index contributed by atoms with van der Waals surface area (Å²) in [5, 5.41) is 12.0. The number of aliphatic hydroxyl groups excluding tert-OH is 1. The number of amides is 1. The van der Waals surface area contributed by atoms with Crippen LogP contribution in [-0.4, -0.2) is 33.1 Å². The summed E-state index contributed by atoms with van der Waals surface area (Å²) in [6.07, 6.45) is 3.29. The lowest BCUT2D eigenvalue weighted by Crippen LogP contribution is -2.48. The van der Waals surface area contributed by atoms with E-state index in [1.54, 1.807) is 6.92 Å². The fourth-order valence-corrected chi connectivity index (χ4v) is 1.18. The molecule has 1 atom stereocenters. The summed E-state index contributed by atoms with van der Waals surface area (Å²) in [5.74, 6) is -0.395. The van der Waals surface area contributed by atoms with Crippen molar-refractivity contribution >= 4 is 17.5 Å². The van der Waals surface area contributed by atoms with E-state index in [0.717, 1.165) is 0 Å². The zero-order valence-electron chi connectivity index (χ0n) is 9.20. The third-order valence-corrected chi connectivity index (χ3v) is 2.56. The molecule has 0 spiro atoms. The van der Waals surface area contributed by atoms with Gasteiger partial charge in [0.05, 0.1) is 24.5 Å². The second-order valence-corrected chi connectivity index (χ2v) is 4.14. The maximum Gasteiger partial charge on any atom is 0.272 e. The van der Waals surface area contributed by atoms with Crippen LogP contribution in [0.3, 0.4) is 0 Å². The standard InChI is InChI=1S/C10H14ClN3O2/c1-3-10(2,6-15)14-9(16)7-4-12-5-8(11)13-7/h4-5,15H,3,6H2,1-2H3,(H,14,16). The Morgan fingerprint density at radius 1 is 1.62 bits per heavy atom. The molecule has 1 rings (SSSR count). The summed E-state index contributed by atoms with van der Waals surface area (Å²) >= 11 is 5.62. The van der Waals surface area contributed by atoms with Crippen molar-refractivity contribution in [1.82, 2.24) is 15.3 Å². The second kappa shape index (κ2) is 5.23. The van der Waals surface area contributed by atoms with Crippen LogP contribution in [0.25, 0.3) is 0 Å². The summed E-state index contributed by atoms with van der Waals surface area (Å²) in [7, 11) is 0. The Kier molecular flexibility index (Phi) is 4.20. The van der Waals surface area contributed by atoms with E-state index in [9.17, 15) is 4.79 Å². The van der Waals surface area contributed by atoms with Gasteiger partial charge < -0.3 is 10.4 Å². The number of aromatic nitrogens is 2. The van der Waals surface area contributed by atoms with Crippen molar-refractivity contribution in [2.75, 3.05) is 6.61 Å². The normalized spacial score (nSPS) is 14.2. The first-order chi connectivity index (χ1) is 7.50. The van der Waals surface area contributed by atoms with Gasteiger partial charge in [-0.25, -0.2) is 4.98 Å². The highest BCUT2D eigenvalue weighted by molar-refractivity contribution is 6.29. The van der Waals surface area contributed by atoms with E-state index in [2.05, 4.69) is 15.3 Å². The highest BCUT2D eigenvalue weighted by Crippen LogP contribution is 2.09. The second-order valence-electron chi connectivity index (χ2n) is 3.75. The van der Waals surface area contributed by atoms with E-state index in [1.807, 2.05) is 6.92 Å². The van der Waals surface area contributed by atoms with Gasteiger partial charge in [0.25, 0.3) is 5.91 Å². The van der Waals surface area contributed by atoms with Gasteiger partial charge in [0.1, 0.15) is 10.8 Å². The molecule has 0 bridgehead atoms. The molecule has 1 amide bonds. The largest absolute Gasteiger partial charge is 0.394 e. The third-order valence-electron chi connectivity index (χ3n) is 2.38. The molecule has 0 aliphatic rings. The van der Waals surface area contributed by atoms with Crippen LogP contribution < -0.4 is 5.32 Å². The quantitative estimate of drug-likeness (QED) is 0.828. The van der Waals surface area contributed by atoms with Crippen LogP contribution in [0.2, 0.25) is 5.15 Å². The minimum absolute atomic E-state index is 0.136. The number of hydrogen-bond donors (Lipinski definition) is 2. The van der Waals surface area contributed by atoms with Crippen molar-refractivity contribution in [1.29, 1.82) is 0 Å². The first kappa shape index (κ1) is 12.9. The van der Waals surface area contributed by atoms with Gasteiger partial charge in [-0.1, -0.05) is 18.5 Å². The molecule has 2 N–H and O–H groups in total. The zero-order valence-corrected chi connectivity index (χ0v) is 9.95. The molecule has 5 nitrogen and oxygen atoms in total.